The summed E-state index contributed by atoms with van der Waals surface area (Å²) in [6, 6.07) is 7.40. The zero-order valence-corrected chi connectivity index (χ0v) is 15.4. The van der Waals surface area contributed by atoms with Gasteiger partial charge in [0.05, 0.1) is 13.2 Å². The monoisotopic (exact) mass is 375 g/mol. The van der Waals surface area contributed by atoms with Crippen LogP contribution in [0.25, 0.3) is 0 Å². The van der Waals surface area contributed by atoms with Gasteiger partial charge < -0.3 is 19.5 Å². The minimum atomic E-state index is -0.803. The molecular weight excluding hydrogens is 354 g/mol. The normalized spacial score (nSPS) is 10.2. The molecule has 2 aromatic rings. The van der Waals surface area contributed by atoms with Crippen molar-refractivity contribution in [3.8, 4) is 11.5 Å². The maximum atomic E-state index is 12.0. The Bertz CT molecular complexity index is 878. The van der Waals surface area contributed by atoms with E-state index in [4.69, 9.17) is 14.2 Å². The molecule has 0 atom stereocenters. The predicted molar refractivity (Wildman–Crippen MR) is 97.2 cm³/mol. The Morgan fingerprint density at radius 3 is 2.44 bits per heavy atom. The molecule has 2 rings (SSSR count). The summed E-state index contributed by atoms with van der Waals surface area (Å²) < 4.78 is 16.9. The van der Waals surface area contributed by atoms with Crippen LogP contribution in [0.4, 0.5) is 5.69 Å². The van der Waals surface area contributed by atoms with Gasteiger partial charge in [-0.3, -0.25) is 9.59 Å². The van der Waals surface area contributed by atoms with E-state index < -0.39 is 18.5 Å². The summed E-state index contributed by atoms with van der Waals surface area (Å²) in [4.78, 5) is 35.2. The fourth-order valence-corrected chi connectivity index (χ4v) is 2.14. The third kappa shape index (κ3) is 5.56. The zero-order valence-electron chi connectivity index (χ0n) is 15.4. The lowest BCUT2D eigenvalue weighted by molar-refractivity contribution is -0.119. The van der Waals surface area contributed by atoms with E-state index in [1.165, 1.54) is 19.2 Å². The van der Waals surface area contributed by atoms with Crippen molar-refractivity contribution in [1.82, 2.24) is 9.78 Å². The van der Waals surface area contributed by atoms with E-state index in [2.05, 4.69) is 10.4 Å². The fourth-order valence-electron chi connectivity index (χ4n) is 2.14. The molecule has 9 nitrogen and oxygen atoms in total. The van der Waals surface area contributed by atoms with Crippen LogP contribution in [0.15, 0.2) is 35.1 Å². The molecule has 0 unspecified atom stereocenters. The van der Waals surface area contributed by atoms with Crippen molar-refractivity contribution in [2.24, 2.45) is 7.05 Å². The Balaban J connectivity index is 1.96. The lowest BCUT2D eigenvalue weighted by atomic mass is 10.2. The van der Waals surface area contributed by atoms with Gasteiger partial charge in [-0.15, -0.1) is 0 Å². The highest BCUT2D eigenvalue weighted by Gasteiger charge is 2.14. The Labute approximate surface area is 155 Å². The average molecular weight is 375 g/mol. The van der Waals surface area contributed by atoms with Gasteiger partial charge in [0.15, 0.2) is 23.8 Å². The van der Waals surface area contributed by atoms with E-state index in [0.717, 1.165) is 4.68 Å². The van der Waals surface area contributed by atoms with E-state index in [0.29, 0.717) is 30.4 Å². The van der Waals surface area contributed by atoms with Gasteiger partial charge >= 0.3 is 5.97 Å². The summed E-state index contributed by atoms with van der Waals surface area (Å²) >= 11 is 0. The number of benzene rings is 1. The van der Waals surface area contributed by atoms with E-state index in [1.807, 2.05) is 13.8 Å². The highest BCUT2D eigenvalue weighted by molar-refractivity contribution is 5.95. The number of esters is 1. The number of nitrogens with zero attached hydrogens (tertiary/aromatic N) is 2. The number of ether oxygens (including phenoxy) is 3. The van der Waals surface area contributed by atoms with E-state index in [-0.39, 0.29) is 11.3 Å². The first kappa shape index (κ1) is 20.0. The second kappa shape index (κ2) is 9.37. The van der Waals surface area contributed by atoms with E-state index >= 15 is 0 Å². The fraction of sp³-hybridized carbons (Fsp3) is 0.333. The Kier molecular flexibility index (Phi) is 6.93. The predicted octanol–water partition coefficient (Wildman–Crippen LogP) is 1.37. The molecule has 0 aliphatic carbocycles. The number of carbonyl (C=O) groups excluding carboxylic acids is 2. The molecule has 0 aliphatic heterocycles. The number of hydrogen-bond acceptors (Lipinski definition) is 7. The Morgan fingerprint density at radius 1 is 1.07 bits per heavy atom. The number of carbonyl (C=O) groups is 2. The van der Waals surface area contributed by atoms with Gasteiger partial charge in [0.1, 0.15) is 0 Å². The van der Waals surface area contributed by atoms with Crippen LogP contribution in [0.1, 0.15) is 24.3 Å². The average Bonchev–Trinajstić information content (AvgIpc) is 2.64. The second-order valence-corrected chi connectivity index (χ2v) is 5.33. The van der Waals surface area contributed by atoms with Gasteiger partial charge in [-0.2, -0.15) is 5.10 Å². The van der Waals surface area contributed by atoms with Gasteiger partial charge in [-0.05, 0) is 32.0 Å². The lowest BCUT2D eigenvalue weighted by Crippen LogP contribution is -2.24. The highest BCUT2D eigenvalue weighted by atomic mass is 16.5. The number of hydrogen-bond donors (Lipinski definition) is 1. The third-order valence-corrected chi connectivity index (χ3v) is 3.33. The molecule has 0 fully saturated rings. The van der Waals surface area contributed by atoms with Crippen molar-refractivity contribution in [3.05, 3.63) is 46.4 Å². The maximum absolute atomic E-state index is 12.0. The van der Waals surface area contributed by atoms with Crippen LogP contribution in [0, 0.1) is 0 Å². The third-order valence-electron chi connectivity index (χ3n) is 3.33. The largest absolute Gasteiger partial charge is 0.490 e. The first-order valence-electron chi connectivity index (χ1n) is 8.35. The van der Waals surface area contributed by atoms with Crippen LogP contribution in [0.3, 0.4) is 0 Å². The second-order valence-electron chi connectivity index (χ2n) is 5.33. The standard InChI is InChI=1S/C18H21N3O6/c1-4-25-14-8-6-12(10-15(14)26-5-2)19-16(22)11-27-18(24)13-7-9-17(23)21(3)20-13/h6-10H,4-5,11H2,1-3H3,(H,19,22). The molecule has 9 heteroatoms. The van der Waals surface area contributed by atoms with Crippen LogP contribution in [0.5, 0.6) is 11.5 Å². The molecule has 0 bridgehead atoms. The number of aromatic nitrogens is 2. The molecule has 0 aliphatic rings. The van der Waals surface area contributed by atoms with Crippen LogP contribution in [-0.4, -0.2) is 41.5 Å². The maximum Gasteiger partial charge on any atom is 0.359 e. The van der Waals surface area contributed by atoms with Crippen molar-refractivity contribution in [2.75, 3.05) is 25.1 Å². The molecule has 1 aromatic heterocycles. The number of anilines is 1. The molecule has 1 N–H and O–H groups in total. The molecule has 1 aromatic carbocycles. The summed E-state index contributed by atoms with van der Waals surface area (Å²) in [5.41, 5.74) is 0.0534. The topological polar surface area (TPSA) is 109 Å². The summed E-state index contributed by atoms with van der Waals surface area (Å²) in [5.74, 6) is -0.254. The van der Waals surface area contributed by atoms with Crippen LogP contribution >= 0.6 is 0 Å². The number of rotatable bonds is 8. The molecule has 0 saturated heterocycles. The first-order valence-corrected chi connectivity index (χ1v) is 8.35. The van der Waals surface area contributed by atoms with Gasteiger partial charge in [0, 0.05) is 24.9 Å². The number of nitrogens with one attached hydrogen (secondary N) is 1. The Morgan fingerprint density at radius 2 is 1.78 bits per heavy atom. The molecule has 1 heterocycles. The van der Waals surface area contributed by atoms with Gasteiger partial charge in [0.25, 0.3) is 11.5 Å². The van der Waals surface area contributed by atoms with Crippen LogP contribution < -0.4 is 20.3 Å². The van der Waals surface area contributed by atoms with Crippen molar-refractivity contribution >= 4 is 17.6 Å². The SMILES string of the molecule is CCOc1ccc(NC(=O)COC(=O)c2ccc(=O)n(C)n2)cc1OCC. The van der Waals surface area contributed by atoms with Gasteiger partial charge in [-0.1, -0.05) is 0 Å². The minimum absolute atomic E-state index is 0.0652. The Hall–Kier alpha value is -3.36. The summed E-state index contributed by atoms with van der Waals surface area (Å²) in [6.45, 7) is 4.14. The first-order chi connectivity index (χ1) is 12.9. The van der Waals surface area contributed by atoms with Gasteiger partial charge in [0.2, 0.25) is 0 Å². The minimum Gasteiger partial charge on any atom is -0.490 e. The quantitative estimate of drug-likeness (QED) is 0.694. The number of amides is 1. The molecular formula is C18H21N3O6. The van der Waals surface area contributed by atoms with E-state index in [9.17, 15) is 14.4 Å². The molecule has 0 radical (unpaired) electrons. The smallest absolute Gasteiger partial charge is 0.359 e. The number of aryl methyl sites for hydroxylation is 1. The van der Waals surface area contributed by atoms with Crippen molar-refractivity contribution < 1.29 is 23.8 Å². The molecule has 27 heavy (non-hydrogen) atoms. The van der Waals surface area contributed by atoms with Crippen LogP contribution in [0.2, 0.25) is 0 Å². The molecule has 0 saturated carbocycles. The summed E-state index contributed by atoms with van der Waals surface area (Å²) in [7, 11) is 1.41. The van der Waals surface area contributed by atoms with Crippen molar-refractivity contribution in [1.29, 1.82) is 0 Å². The van der Waals surface area contributed by atoms with Crippen molar-refractivity contribution in [3.63, 3.8) is 0 Å². The van der Waals surface area contributed by atoms with Crippen LogP contribution in [-0.2, 0) is 16.6 Å². The molecule has 0 spiro atoms. The summed E-state index contributed by atoms with van der Waals surface area (Å²) in [6.07, 6.45) is 0. The van der Waals surface area contributed by atoms with E-state index in [1.54, 1.807) is 18.2 Å². The lowest BCUT2D eigenvalue weighted by Gasteiger charge is -2.13. The summed E-state index contributed by atoms with van der Waals surface area (Å²) in [5, 5.41) is 6.37. The molecule has 1 amide bonds. The van der Waals surface area contributed by atoms with Crippen molar-refractivity contribution in [2.45, 2.75) is 13.8 Å². The van der Waals surface area contributed by atoms with Gasteiger partial charge in [-0.25, -0.2) is 9.48 Å². The highest BCUT2D eigenvalue weighted by Crippen LogP contribution is 2.30. The molecule has 144 valence electrons. The zero-order chi connectivity index (χ0) is 19.8.